The van der Waals surface area contributed by atoms with Gasteiger partial charge in [-0.1, -0.05) is 0 Å². The minimum Gasteiger partial charge on any atom is -2.00 e. The van der Waals surface area contributed by atoms with Crippen LogP contribution in [0.4, 0.5) is 0 Å². The average Bonchev–Trinajstić information content (AvgIpc) is 1.76. The third kappa shape index (κ3) is 5250. The Hall–Kier alpha value is -1.42. The minimum absolute atomic E-state index is 0. The second kappa shape index (κ2) is 107. The predicted octanol–water partition coefficient (Wildman–Crippen LogP) is -5.12. The zero-order valence-corrected chi connectivity index (χ0v) is 20.0. The maximum atomic E-state index is 8.25. The molecular formula is H12N4O20U2-8. The predicted molar refractivity (Wildman–Crippen MR) is 63.7 cm³/mol. The van der Waals surface area contributed by atoms with Crippen molar-refractivity contribution in [3.05, 3.63) is 61.3 Å². The van der Waals surface area contributed by atoms with Crippen molar-refractivity contribution >= 4 is 0 Å². The van der Waals surface area contributed by atoms with Crippen LogP contribution in [0.1, 0.15) is 0 Å². The van der Waals surface area contributed by atoms with E-state index in [1.807, 2.05) is 0 Å². The monoisotopic (exact) mass is 864 g/mol. The molecule has 0 atom stereocenters. The zero-order chi connectivity index (χ0) is 14.3. The van der Waals surface area contributed by atoms with Crippen molar-refractivity contribution in [3.8, 4) is 0 Å². The largest absolute Gasteiger partial charge is 2.00 e. The fraction of sp³-hybridized carbons (Fsp3) is 0. The third-order valence-electron chi connectivity index (χ3n) is 0. The van der Waals surface area contributed by atoms with Crippen LogP contribution in [0.2, 0.25) is 0 Å². The van der Waals surface area contributed by atoms with E-state index in [1.54, 1.807) is 0 Å². The van der Waals surface area contributed by atoms with Gasteiger partial charge in [0.2, 0.25) is 0 Å². The first-order valence-electron chi connectivity index (χ1n) is 2.19. The summed E-state index contributed by atoms with van der Waals surface area (Å²) in [6.07, 6.45) is 0. The normalized spacial score (nSPS) is 3.69. The Balaban J connectivity index is -0.00000000545. The molecule has 12 N–H and O–H groups in total. The van der Waals surface area contributed by atoms with E-state index in [4.69, 9.17) is 61.3 Å². The molecule has 0 aromatic rings. The fourth-order valence-corrected chi connectivity index (χ4v) is 0. The zero-order valence-electron chi connectivity index (χ0n) is 11.6. The van der Waals surface area contributed by atoms with Gasteiger partial charge >= 0.3 is 0 Å². The molecule has 0 heterocycles. The van der Waals surface area contributed by atoms with Crippen molar-refractivity contribution < 1.29 is 126 Å². The summed E-state index contributed by atoms with van der Waals surface area (Å²) in [5.74, 6) is 0. The molecule has 0 aliphatic carbocycles. The smallest absolute Gasteiger partial charge is 0.0689 e. The standard InChI is InChI=1S/4NO3.4H2O.4O.2U/c4*2-1(3)4;;;;;;;;;;/h;;;;4*1H2;;;;;;/q4*-1;;;;;4*-2;;/p+4. The Kier molecular flexibility index (Phi) is 504. The van der Waals surface area contributed by atoms with Gasteiger partial charge in [0.15, 0.2) is 0 Å². The van der Waals surface area contributed by atoms with E-state index in [0.29, 0.717) is 0 Å². The first-order chi connectivity index (χ1) is 6.93. The molecule has 0 amide bonds. The molecule has 0 aromatic heterocycles. The quantitative estimate of drug-likeness (QED) is 0.125. The average molecular weight is 864 g/mol. The van der Waals surface area contributed by atoms with Crippen LogP contribution >= 0.6 is 0 Å². The van der Waals surface area contributed by atoms with Crippen molar-refractivity contribution in [3.63, 3.8) is 0 Å². The van der Waals surface area contributed by atoms with Crippen LogP contribution in [0.25, 0.3) is 0 Å². The van der Waals surface area contributed by atoms with Gasteiger partial charge in [0, 0.05) is 62.2 Å². The van der Waals surface area contributed by atoms with Gasteiger partial charge in [0.05, 0.1) is 20.3 Å². The second-order valence-electron chi connectivity index (χ2n) is 0.894. The Morgan fingerprint density at radius 1 is 0.346 bits per heavy atom. The van der Waals surface area contributed by atoms with Crippen molar-refractivity contribution in [2.24, 2.45) is 0 Å². The molecule has 0 aliphatic rings. The van der Waals surface area contributed by atoms with Gasteiger partial charge in [-0.15, -0.1) is 0 Å². The van der Waals surface area contributed by atoms with Gasteiger partial charge in [0.1, 0.15) is 0 Å². The SMILES string of the molecule is O=[N+]([O-])[O-].O=[N+]([O-])[O-].O=[N+]([O-])[O-].O=[N+]([O-])[O-].[O-2].[O-2].[O-2].[O-2].[OH3+].[OH3+].[OH3+].[OH3+].[U].[U]. The number of nitrogens with zero attached hydrogens (tertiary/aromatic N) is 4. The molecule has 26 heteroatoms. The fourth-order valence-electron chi connectivity index (χ4n) is 0. The Morgan fingerprint density at radius 2 is 0.346 bits per heavy atom. The van der Waals surface area contributed by atoms with Gasteiger partial charge in [-0.2, -0.15) is 0 Å². The number of hydrogen-bond acceptors (Lipinski definition) is 12. The van der Waals surface area contributed by atoms with Gasteiger partial charge in [0.25, 0.3) is 0 Å². The number of rotatable bonds is 0. The van der Waals surface area contributed by atoms with Crippen LogP contribution in [-0.4, -0.2) is 20.3 Å². The molecule has 0 fully saturated rings. The van der Waals surface area contributed by atoms with Gasteiger partial charge < -0.3 is 105 Å². The van der Waals surface area contributed by atoms with E-state index in [2.05, 4.69) is 0 Å². The first kappa shape index (κ1) is 122. The number of hydrogen-bond donors (Lipinski definition) is 0. The van der Waals surface area contributed by atoms with Crippen LogP contribution < -0.4 is 0 Å². The van der Waals surface area contributed by atoms with E-state index in [9.17, 15) is 0 Å². The third-order valence-corrected chi connectivity index (χ3v) is 0. The molecule has 26 heavy (non-hydrogen) atoms. The Bertz CT molecular complexity index is 166. The van der Waals surface area contributed by atoms with Gasteiger partial charge in [-0.3, -0.25) is 0 Å². The molecule has 24 nitrogen and oxygen atoms in total. The Morgan fingerprint density at radius 3 is 0.346 bits per heavy atom. The topological polar surface area (TPSA) is 511 Å². The first-order valence-corrected chi connectivity index (χ1v) is 2.19. The van der Waals surface area contributed by atoms with Crippen molar-refractivity contribution in [1.29, 1.82) is 0 Å². The van der Waals surface area contributed by atoms with Crippen molar-refractivity contribution in [2.75, 3.05) is 0 Å². The molecule has 0 spiro atoms. The molecule has 0 rings (SSSR count). The molecule has 168 valence electrons. The summed E-state index contributed by atoms with van der Waals surface area (Å²) in [4.78, 5) is 33.0. The summed E-state index contributed by atoms with van der Waals surface area (Å²) in [7, 11) is 0. The molecule has 0 saturated heterocycles. The van der Waals surface area contributed by atoms with E-state index in [0.717, 1.165) is 0 Å². The van der Waals surface area contributed by atoms with Crippen molar-refractivity contribution in [1.82, 2.24) is 0 Å². The minimum atomic E-state index is -1.75. The summed E-state index contributed by atoms with van der Waals surface area (Å²) >= 11 is 0. The van der Waals surface area contributed by atoms with Crippen LogP contribution in [0.5, 0.6) is 0 Å². The van der Waals surface area contributed by atoms with E-state index >= 15 is 0 Å². The van der Waals surface area contributed by atoms with Crippen LogP contribution in [0.3, 0.4) is 0 Å². The van der Waals surface area contributed by atoms with E-state index < -0.39 is 20.3 Å². The summed E-state index contributed by atoms with van der Waals surface area (Å²) in [5, 5.41) is 59.0. The van der Waals surface area contributed by atoms with E-state index in [-0.39, 0.29) is 106 Å². The van der Waals surface area contributed by atoms with E-state index in [1.165, 1.54) is 0 Å². The maximum absolute atomic E-state index is 8.25. The molecular weight excluding hydrogens is 852 g/mol. The second-order valence-corrected chi connectivity index (χ2v) is 0.894. The molecule has 0 aromatic carbocycles. The summed E-state index contributed by atoms with van der Waals surface area (Å²) in [6, 6.07) is 0. The van der Waals surface area contributed by atoms with Crippen LogP contribution in [-0.2, 0) is 43.8 Å². The van der Waals surface area contributed by atoms with Crippen molar-refractivity contribution in [2.45, 2.75) is 0 Å². The molecule has 0 bridgehead atoms. The van der Waals surface area contributed by atoms with Crippen LogP contribution in [0.15, 0.2) is 0 Å². The van der Waals surface area contributed by atoms with Crippen LogP contribution in [0, 0.1) is 124 Å². The summed E-state index contributed by atoms with van der Waals surface area (Å²) < 4.78 is 0. The molecule has 0 saturated carbocycles. The summed E-state index contributed by atoms with van der Waals surface area (Å²) in [5.41, 5.74) is 0. The summed E-state index contributed by atoms with van der Waals surface area (Å²) in [6.45, 7) is 0. The molecule has 0 unspecified atom stereocenters. The maximum Gasteiger partial charge on any atom is 0.0689 e. The molecule has 0 aliphatic heterocycles. The molecule has 0 radical (unpaired) electrons. The van der Waals surface area contributed by atoms with Gasteiger partial charge in [-0.05, 0) is 0 Å². The Labute approximate surface area is 187 Å². The van der Waals surface area contributed by atoms with Gasteiger partial charge in [-0.25, -0.2) is 0 Å².